The van der Waals surface area contributed by atoms with Crippen molar-refractivity contribution in [3.63, 3.8) is 0 Å². The lowest BCUT2D eigenvalue weighted by atomic mass is 9.86. The zero-order valence-electron chi connectivity index (χ0n) is 12.7. The van der Waals surface area contributed by atoms with Gasteiger partial charge in [-0.25, -0.2) is 0 Å². The van der Waals surface area contributed by atoms with E-state index in [1.807, 2.05) is 19.1 Å². The summed E-state index contributed by atoms with van der Waals surface area (Å²) in [6.45, 7) is 8.53. The molecule has 0 unspecified atom stereocenters. The molecule has 0 heterocycles. The molecule has 110 valence electrons. The summed E-state index contributed by atoms with van der Waals surface area (Å²) in [5.41, 5.74) is 2.92. The van der Waals surface area contributed by atoms with Gasteiger partial charge in [-0.2, -0.15) is 0 Å². The molecule has 3 heteroatoms. The van der Waals surface area contributed by atoms with Crippen LogP contribution in [0.3, 0.4) is 0 Å². The Balaban J connectivity index is 2.44. The van der Waals surface area contributed by atoms with Gasteiger partial charge in [0.05, 0.1) is 4.47 Å². The summed E-state index contributed by atoms with van der Waals surface area (Å²) in [5.74, 6) is 1.55. The fraction of sp³-hybridized carbons (Fsp3) is 0.278. The quantitative estimate of drug-likeness (QED) is 0.670. The summed E-state index contributed by atoms with van der Waals surface area (Å²) in [5, 5.41) is 0. The van der Waals surface area contributed by atoms with Gasteiger partial charge in [0.15, 0.2) is 0 Å². The number of hydrogen-bond acceptors (Lipinski definition) is 2. The predicted molar refractivity (Wildman–Crippen MR) is 89.5 cm³/mol. The molecule has 0 aliphatic rings. The number of carbonyl (C=O) groups excluding carboxylic acids is 1. The molecule has 2 rings (SSSR count). The second-order valence-electron chi connectivity index (χ2n) is 6.16. The Morgan fingerprint density at radius 1 is 1.05 bits per heavy atom. The van der Waals surface area contributed by atoms with Crippen molar-refractivity contribution in [1.29, 1.82) is 0 Å². The Bertz CT molecular complexity index is 669. The van der Waals surface area contributed by atoms with E-state index in [2.05, 4.69) is 48.8 Å². The lowest BCUT2D eigenvalue weighted by Crippen LogP contribution is -2.12. The minimum Gasteiger partial charge on any atom is -0.456 e. The van der Waals surface area contributed by atoms with Crippen LogP contribution in [0.15, 0.2) is 40.9 Å². The standard InChI is InChI=1S/C18H19BrO2/c1-12-5-7-14(18(2,3)4)17(9-12)21-16-8-6-13(11-20)10-15(16)19/h5-11H,1-4H3. The molecule has 2 aromatic rings. The summed E-state index contributed by atoms with van der Waals surface area (Å²) in [6, 6.07) is 11.6. The number of carbonyl (C=O) groups is 1. The number of benzene rings is 2. The Hall–Kier alpha value is -1.61. The van der Waals surface area contributed by atoms with Crippen LogP contribution in [0.25, 0.3) is 0 Å². The zero-order valence-corrected chi connectivity index (χ0v) is 14.3. The summed E-state index contributed by atoms with van der Waals surface area (Å²) < 4.78 is 6.86. The topological polar surface area (TPSA) is 26.3 Å². The van der Waals surface area contributed by atoms with Crippen molar-refractivity contribution in [2.24, 2.45) is 0 Å². The molecule has 0 spiro atoms. The minimum absolute atomic E-state index is 0.00174. The van der Waals surface area contributed by atoms with E-state index in [1.54, 1.807) is 12.1 Å². The maximum atomic E-state index is 10.8. The number of hydrogen-bond donors (Lipinski definition) is 0. The fourth-order valence-corrected chi connectivity index (χ4v) is 2.60. The highest BCUT2D eigenvalue weighted by molar-refractivity contribution is 9.10. The Labute approximate surface area is 134 Å². The van der Waals surface area contributed by atoms with Crippen molar-refractivity contribution in [2.45, 2.75) is 33.1 Å². The largest absolute Gasteiger partial charge is 0.456 e. The van der Waals surface area contributed by atoms with Gasteiger partial charge in [0.2, 0.25) is 0 Å². The van der Waals surface area contributed by atoms with Crippen molar-refractivity contribution < 1.29 is 9.53 Å². The first-order chi connectivity index (χ1) is 9.81. The van der Waals surface area contributed by atoms with E-state index in [9.17, 15) is 4.79 Å². The van der Waals surface area contributed by atoms with Gasteiger partial charge in [-0.05, 0) is 58.1 Å². The second kappa shape index (κ2) is 6.02. The summed E-state index contributed by atoms with van der Waals surface area (Å²) in [4.78, 5) is 10.8. The Kier molecular flexibility index (Phi) is 4.52. The third-order valence-corrected chi connectivity index (χ3v) is 3.88. The molecule has 0 bridgehead atoms. The van der Waals surface area contributed by atoms with Crippen molar-refractivity contribution >= 4 is 22.2 Å². The van der Waals surface area contributed by atoms with E-state index < -0.39 is 0 Å². The molecule has 0 aliphatic heterocycles. The number of aldehydes is 1. The molecule has 0 aliphatic carbocycles. The fourth-order valence-electron chi connectivity index (χ4n) is 2.13. The van der Waals surface area contributed by atoms with Gasteiger partial charge >= 0.3 is 0 Å². The van der Waals surface area contributed by atoms with Crippen molar-refractivity contribution in [1.82, 2.24) is 0 Å². The number of ether oxygens (including phenoxy) is 1. The van der Waals surface area contributed by atoms with Gasteiger partial charge < -0.3 is 4.74 Å². The zero-order chi connectivity index (χ0) is 15.6. The molecule has 0 saturated carbocycles. The Morgan fingerprint density at radius 3 is 2.33 bits per heavy atom. The van der Waals surface area contributed by atoms with E-state index in [0.717, 1.165) is 27.6 Å². The number of halogens is 1. The van der Waals surface area contributed by atoms with Crippen LogP contribution in [0.2, 0.25) is 0 Å². The van der Waals surface area contributed by atoms with Crippen LogP contribution >= 0.6 is 15.9 Å². The first kappa shape index (κ1) is 15.8. The van der Waals surface area contributed by atoms with Crippen LogP contribution < -0.4 is 4.74 Å². The van der Waals surface area contributed by atoms with Crippen LogP contribution in [0.4, 0.5) is 0 Å². The highest BCUT2D eigenvalue weighted by atomic mass is 79.9. The highest BCUT2D eigenvalue weighted by Gasteiger charge is 2.20. The molecular weight excluding hydrogens is 328 g/mol. The van der Waals surface area contributed by atoms with Crippen molar-refractivity contribution in [3.05, 3.63) is 57.6 Å². The second-order valence-corrected chi connectivity index (χ2v) is 7.01. The molecule has 0 fully saturated rings. The van der Waals surface area contributed by atoms with Crippen LogP contribution in [0, 0.1) is 6.92 Å². The molecule has 21 heavy (non-hydrogen) atoms. The molecule has 2 aromatic carbocycles. The maximum Gasteiger partial charge on any atom is 0.150 e. The molecule has 2 nitrogen and oxygen atoms in total. The minimum atomic E-state index is -0.00174. The average molecular weight is 347 g/mol. The van der Waals surface area contributed by atoms with Crippen molar-refractivity contribution in [2.75, 3.05) is 0 Å². The molecule has 0 atom stereocenters. The third-order valence-electron chi connectivity index (χ3n) is 3.26. The molecule has 0 N–H and O–H groups in total. The SMILES string of the molecule is Cc1ccc(C(C)(C)C)c(Oc2ccc(C=O)cc2Br)c1. The normalized spacial score (nSPS) is 11.3. The third kappa shape index (κ3) is 3.73. The van der Waals surface area contributed by atoms with Gasteiger partial charge in [-0.3, -0.25) is 4.79 Å². The molecule has 0 radical (unpaired) electrons. The van der Waals surface area contributed by atoms with Gasteiger partial charge in [0.25, 0.3) is 0 Å². The summed E-state index contributed by atoms with van der Waals surface area (Å²) in [6.07, 6.45) is 0.821. The average Bonchev–Trinajstić information content (AvgIpc) is 2.39. The predicted octanol–water partition coefficient (Wildman–Crippen LogP) is 5.66. The maximum absolute atomic E-state index is 10.8. The van der Waals surface area contributed by atoms with E-state index in [4.69, 9.17) is 4.74 Å². The van der Waals surface area contributed by atoms with Gasteiger partial charge in [-0.15, -0.1) is 0 Å². The van der Waals surface area contributed by atoms with Crippen LogP contribution in [-0.4, -0.2) is 6.29 Å². The lowest BCUT2D eigenvalue weighted by molar-refractivity contribution is 0.112. The first-order valence-corrected chi connectivity index (χ1v) is 7.64. The van der Waals surface area contributed by atoms with E-state index in [-0.39, 0.29) is 5.41 Å². The van der Waals surface area contributed by atoms with Gasteiger partial charge in [0.1, 0.15) is 17.8 Å². The summed E-state index contributed by atoms with van der Waals surface area (Å²) >= 11 is 3.46. The van der Waals surface area contributed by atoms with Crippen molar-refractivity contribution in [3.8, 4) is 11.5 Å². The smallest absolute Gasteiger partial charge is 0.150 e. The number of aryl methyl sites for hydroxylation is 1. The van der Waals surface area contributed by atoms with E-state index >= 15 is 0 Å². The molecular formula is C18H19BrO2. The van der Waals surface area contributed by atoms with Crippen LogP contribution in [-0.2, 0) is 5.41 Å². The lowest BCUT2D eigenvalue weighted by Gasteiger charge is -2.23. The molecule has 0 saturated heterocycles. The van der Waals surface area contributed by atoms with E-state index in [1.165, 1.54) is 0 Å². The number of rotatable bonds is 3. The monoisotopic (exact) mass is 346 g/mol. The molecule has 0 aromatic heterocycles. The van der Waals surface area contributed by atoms with Crippen LogP contribution in [0.5, 0.6) is 11.5 Å². The van der Waals surface area contributed by atoms with E-state index in [0.29, 0.717) is 11.3 Å². The van der Waals surface area contributed by atoms with Gasteiger partial charge in [-0.1, -0.05) is 32.9 Å². The van der Waals surface area contributed by atoms with Gasteiger partial charge in [0, 0.05) is 11.1 Å². The van der Waals surface area contributed by atoms with Crippen LogP contribution in [0.1, 0.15) is 42.3 Å². The highest BCUT2D eigenvalue weighted by Crippen LogP contribution is 2.37. The summed E-state index contributed by atoms with van der Waals surface area (Å²) in [7, 11) is 0. The first-order valence-electron chi connectivity index (χ1n) is 6.85. The molecule has 0 amide bonds. The Morgan fingerprint density at radius 2 is 1.76 bits per heavy atom.